The summed E-state index contributed by atoms with van der Waals surface area (Å²) < 4.78 is 47.8. The van der Waals surface area contributed by atoms with Gasteiger partial charge in [0, 0.05) is 70.3 Å². The fourth-order valence-corrected chi connectivity index (χ4v) is 16.0. The Morgan fingerprint density at radius 3 is 1.87 bits per heavy atom. The Kier molecular flexibility index (Phi) is 20.8. The zero-order chi connectivity index (χ0) is 60.9. The molecule has 12 unspecified atom stereocenters. The maximum Gasteiger partial charge on any atom is 0.185 e. The molecule has 0 amide bonds. The van der Waals surface area contributed by atoms with Gasteiger partial charge in [-0.1, -0.05) is 65.5 Å². The summed E-state index contributed by atoms with van der Waals surface area (Å²) in [5.74, 6) is -0.226. The summed E-state index contributed by atoms with van der Waals surface area (Å²) >= 11 is 0. The minimum atomic E-state index is -1.27. The van der Waals surface area contributed by atoms with Gasteiger partial charge >= 0.3 is 0 Å². The van der Waals surface area contributed by atoms with E-state index in [1.54, 1.807) is 12.1 Å². The molecule has 3 aromatic carbocycles. The van der Waals surface area contributed by atoms with Crippen LogP contribution in [0.5, 0.6) is 34.5 Å². The van der Waals surface area contributed by atoms with Crippen LogP contribution in [0.4, 0.5) is 0 Å². The van der Waals surface area contributed by atoms with Crippen molar-refractivity contribution in [2.45, 2.75) is 196 Å². The van der Waals surface area contributed by atoms with E-state index in [-0.39, 0.29) is 90.4 Å². The molecule has 3 aromatic rings. The van der Waals surface area contributed by atoms with Crippen LogP contribution >= 0.6 is 0 Å². The predicted molar refractivity (Wildman–Crippen MR) is 327 cm³/mol. The van der Waals surface area contributed by atoms with Gasteiger partial charge in [-0.25, -0.2) is 4.58 Å². The minimum absolute atomic E-state index is 0.142. The van der Waals surface area contributed by atoms with E-state index in [2.05, 4.69) is 68.8 Å². The van der Waals surface area contributed by atoms with E-state index in [9.17, 15) is 35.7 Å². The van der Waals surface area contributed by atoms with E-state index in [0.717, 1.165) is 55.5 Å². The maximum atomic E-state index is 12.6. The number of benzene rings is 3. The lowest BCUT2D eigenvalue weighted by molar-refractivity contribution is -0.585. The third kappa shape index (κ3) is 12.6. The molecule has 17 heteroatoms. The molecule has 0 aromatic heterocycles. The van der Waals surface area contributed by atoms with Gasteiger partial charge in [0.15, 0.2) is 47.1 Å². The highest BCUT2D eigenvalue weighted by Gasteiger charge is 2.65. The van der Waals surface area contributed by atoms with Crippen molar-refractivity contribution >= 4 is 6.21 Å². The summed E-state index contributed by atoms with van der Waals surface area (Å²) in [5, 5.41) is 84.2. The quantitative estimate of drug-likeness (QED) is 0.0136. The van der Waals surface area contributed by atoms with Gasteiger partial charge in [-0.3, -0.25) is 4.90 Å². The Morgan fingerprint density at radius 2 is 1.27 bits per heavy atom. The zero-order valence-electron chi connectivity index (χ0n) is 51.8. The molecule has 17 nitrogen and oxygen atoms in total. The first-order valence-corrected chi connectivity index (χ1v) is 31.6. The number of hydrogen-bond acceptors (Lipinski definition) is 16. The Hall–Kier alpha value is -4.79. The normalized spacial score (nSPS) is 29.4. The third-order valence-electron chi connectivity index (χ3n) is 20.7. The number of likely N-dealkylation sites (tertiary alicyclic amines) is 1. The van der Waals surface area contributed by atoms with Crippen molar-refractivity contribution in [3.8, 4) is 34.5 Å². The van der Waals surface area contributed by atoms with Crippen LogP contribution in [0, 0.1) is 5.92 Å². The third-order valence-corrected chi connectivity index (χ3v) is 20.7. The Morgan fingerprint density at radius 1 is 0.694 bits per heavy atom. The van der Waals surface area contributed by atoms with Crippen molar-refractivity contribution in [2.75, 3.05) is 85.6 Å². The summed E-state index contributed by atoms with van der Waals surface area (Å²) in [6.45, 7) is 27.8. The fourth-order valence-electron chi connectivity index (χ4n) is 16.0. The number of piperidine rings is 1. The molecule has 6 aliphatic rings. The summed E-state index contributed by atoms with van der Waals surface area (Å²) in [4.78, 5) is 2.32. The molecule has 8 N–H and O–H groups in total. The van der Waals surface area contributed by atoms with Crippen LogP contribution in [0.1, 0.15) is 140 Å². The molecule has 470 valence electrons. The smallest absolute Gasteiger partial charge is 0.185 e. The van der Waals surface area contributed by atoms with Crippen molar-refractivity contribution in [3.05, 3.63) is 95.1 Å². The number of fused-ring (bicyclic) bond motifs is 9. The largest absolute Gasteiger partial charge is 0.504 e. The van der Waals surface area contributed by atoms with Gasteiger partial charge in [0.2, 0.25) is 0 Å². The first-order chi connectivity index (χ1) is 40.7. The summed E-state index contributed by atoms with van der Waals surface area (Å²) in [6.07, 6.45) is 12.5. The number of ether oxygens (including phenoxy) is 7. The number of nitrogens with one attached hydrogen (secondary N) is 1. The van der Waals surface area contributed by atoms with Crippen LogP contribution in [0.25, 0.3) is 0 Å². The molecule has 12 atom stereocenters. The van der Waals surface area contributed by atoms with E-state index in [4.69, 9.17) is 33.2 Å². The van der Waals surface area contributed by atoms with Crippen LogP contribution in [-0.4, -0.2) is 191 Å². The van der Waals surface area contributed by atoms with E-state index in [1.165, 1.54) is 11.6 Å². The summed E-state index contributed by atoms with van der Waals surface area (Å²) in [6, 6.07) is 10.4. The molecule has 9 rings (SSSR count). The van der Waals surface area contributed by atoms with Crippen LogP contribution in [0.15, 0.2) is 61.7 Å². The SMILES string of the molecule is C=CCNC1CCCC(OCCOCC(COCCOC(CC)CC23CCN(CC)C(Cc4ccc(O)c(O)c42)C3(C)O)COCCOC(CC)CC23CC=[N+](CC=C)C(Cc4ccc(O)c(O)c42)C3(C)O)C2Oc3c(O)ccc(c3C2(C)C)C1. The molecule has 3 aliphatic heterocycles. The average molecular weight is 1180 g/mol. The Balaban J connectivity index is 0.835. The molecular weight excluding hydrogens is 1080 g/mol. The number of nitrogens with zero attached hydrogens (tertiary/aromatic N) is 2. The predicted octanol–water partition coefficient (Wildman–Crippen LogP) is 8.17. The average Bonchev–Trinajstić information content (AvgIpc) is 1.42. The maximum absolute atomic E-state index is 12.6. The molecule has 3 aliphatic carbocycles. The first-order valence-electron chi connectivity index (χ1n) is 31.6. The molecule has 1 saturated heterocycles. The van der Waals surface area contributed by atoms with Gasteiger partial charge in [-0.2, -0.15) is 0 Å². The highest BCUT2D eigenvalue weighted by molar-refractivity contribution is 5.65. The van der Waals surface area contributed by atoms with Crippen molar-refractivity contribution in [2.24, 2.45) is 5.92 Å². The monoisotopic (exact) mass is 1180 g/mol. The lowest BCUT2D eigenvalue weighted by Crippen LogP contribution is -2.70. The van der Waals surface area contributed by atoms with Crippen molar-refractivity contribution < 1.29 is 73.5 Å². The number of aromatic hydroxyl groups is 5. The highest BCUT2D eigenvalue weighted by atomic mass is 16.6. The number of hydrogen-bond donors (Lipinski definition) is 8. The lowest BCUT2D eigenvalue weighted by atomic mass is 9.53. The molecule has 0 spiro atoms. The minimum Gasteiger partial charge on any atom is -0.504 e. The number of rotatable bonds is 30. The molecule has 3 heterocycles. The van der Waals surface area contributed by atoms with Crippen molar-refractivity contribution in [3.63, 3.8) is 0 Å². The summed E-state index contributed by atoms with van der Waals surface area (Å²) in [5.41, 5.74) is 0.610. The number of aliphatic hydroxyl groups is 2. The molecular formula is C68H100N3O14+. The van der Waals surface area contributed by atoms with E-state index >= 15 is 0 Å². The molecule has 6 bridgehead atoms. The number of phenolic OH excluding ortho intramolecular Hbond substituents is 5. The fraction of sp³-hybridized carbons (Fsp3) is 0.662. The van der Waals surface area contributed by atoms with Crippen LogP contribution in [0.2, 0.25) is 0 Å². The van der Waals surface area contributed by atoms with Crippen LogP contribution in [0.3, 0.4) is 0 Å². The van der Waals surface area contributed by atoms with Gasteiger partial charge in [-0.15, -0.1) is 6.58 Å². The van der Waals surface area contributed by atoms with Crippen LogP contribution < -0.4 is 10.1 Å². The Bertz CT molecular complexity index is 2820. The molecule has 0 radical (unpaired) electrons. The standard InChI is InChI=1S/C68H99N3O14/c1-10-26-69-48-16-15-17-54(63-64(6,7)59-45(36-48)20-23-53(74)62(59)85-63)84-35-32-81-43-44(41-79-30-33-82-49(12-3)39-67-24-28-70(14-5)55(65(67,8)77)37-46-18-21-51(72)60(75)57(46)67)42-80-31-34-83-50(13-4)40-68-25-29-71(27-11-2)56(66(68,9)78)38-47-19-22-52(73)61(76)58(47)68/h10-11,18-23,29,44,48-50,54-56,63,69,77-78H,1-2,12-17,24-28,30-43H2,3-9H3,(H4-,72,73,74,75,76)/p+1. The number of phenols is 5. The topological polar surface area (TPSA) is 224 Å². The molecule has 1 fully saturated rings. The van der Waals surface area contributed by atoms with E-state index < -0.39 is 27.4 Å². The second-order valence-electron chi connectivity index (χ2n) is 26.0. The van der Waals surface area contributed by atoms with Gasteiger partial charge in [-0.05, 0) is 132 Å². The highest BCUT2D eigenvalue weighted by Crippen LogP contribution is 2.59. The lowest BCUT2D eigenvalue weighted by Gasteiger charge is -2.61. The molecule has 0 saturated carbocycles. The first kappa shape index (κ1) is 64.7. The van der Waals surface area contributed by atoms with Crippen molar-refractivity contribution in [1.82, 2.24) is 10.2 Å². The van der Waals surface area contributed by atoms with Gasteiger partial charge in [0.05, 0.1) is 83.4 Å². The van der Waals surface area contributed by atoms with Crippen LogP contribution in [-0.2, 0) is 63.9 Å². The van der Waals surface area contributed by atoms with E-state index in [1.807, 2.05) is 44.2 Å². The zero-order valence-corrected chi connectivity index (χ0v) is 51.8. The second kappa shape index (κ2) is 27.3. The van der Waals surface area contributed by atoms with E-state index in [0.29, 0.717) is 128 Å². The molecule has 85 heavy (non-hydrogen) atoms. The summed E-state index contributed by atoms with van der Waals surface area (Å²) in [7, 11) is 0. The van der Waals surface area contributed by atoms with Gasteiger partial charge in [0.25, 0.3) is 0 Å². The second-order valence-corrected chi connectivity index (χ2v) is 26.0. The number of likely N-dealkylation sites (N-methyl/N-ethyl adjacent to an activating group) is 1. The van der Waals surface area contributed by atoms with Crippen molar-refractivity contribution in [1.29, 1.82) is 0 Å². The van der Waals surface area contributed by atoms with Gasteiger partial charge < -0.3 is 74.2 Å². The van der Waals surface area contributed by atoms with Gasteiger partial charge in [0.1, 0.15) is 17.9 Å². The Labute approximate surface area is 504 Å².